The largest absolute Gasteiger partial charge is 0.379 e. The summed E-state index contributed by atoms with van der Waals surface area (Å²) in [5.41, 5.74) is 0.915. The Hall–Kier alpha value is -3.38. The lowest BCUT2D eigenvalue weighted by atomic mass is 10.2. The first-order valence-electron chi connectivity index (χ1n) is 9.64. The number of nitro groups is 1. The molecule has 0 radical (unpaired) electrons. The van der Waals surface area contributed by atoms with Crippen molar-refractivity contribution in [3.05, 3.63) is 97.4 Å². The summed E-state index contributed by atoms with van der Waals surface area (Å²) < 4.78 is 29.9. The Kier molecular flexibility index (Phi) is 7.13. The molecule has 1 fully saturated rings. The van der Waals surface area contributed by atoms with Crippen LogP contribution in [0.5, 0.6) is 5.75 Å². The van der Waals surface area contributed by atoms with Gasteiger partial charge in [0, 0.05) is 12.1 Å². The van der Waals surface area contributed by atoms with Gasteiger partial charge in [0.25, 0.3) is 11.6 Å². The van der Waals surface area contributed by atoms with E-state index in [1.165, 1.54) is 12.1 Å². The number of halogens is 2. The predicted molar refractivity (Wildman–Crippen MR) is 135 cm³/mol. The van der Waals surface area contributed by atoms with Crippen LogP contribution in [0, 0.1) is 10.1 Å². The molecule has 0 aromatic heterocycles. The molecule has 0 atom stereocenters. The van der Waals surface area contributed by atoms with Gasteiger partial charge in [0.2, 0.25) is 0 Å². The number of nitro benzene ring substituents is 1. The molecule has 0 unspecified atom stereocenters. The molecule has 9 nitrogen and oxygen atoms in total. The molecule has 13 heteroatoms. The summed E-state index contributed by atoms with van der Waals surface area (Å²) in [6.07, 6.45) is 1.62. The van der Waals surface area contributed by atoms with Gasteiger partial charge in [-0.1, -0.05) is 35.3 Å². The van der Waals surface area contributed by atoms with E-state index in [1.54, 1.807) is 36.4 Å². The molecule has 0 bridgehead atoms. The first-order chi connectivity index (χ1) is 16.6. The minimum Gasteiger partial charge on any atom is -0.379 e. The van der Waals surface area contributed by atoms with Gasteiger partial charge in [-0.2, -0.15) is 8.42 Å². The summed E-state index contributed by atoms with van der Waals surface area (Å²) in [7, 11) is -4.18. The van der Waals surface area contributed by atoms with E-state index >= 15 is 0 Å². The lowest BCUT2D eigenvalue weighted by Gasteiger charge is -2.07. The van der Waals surface area contributed by atoms with Crippen LogP contribution in [0.4, 0.5) is 11.4 Å². The average molecular weight is 550 g/mol. The molecular weight excluding hydrogens is 537 g/mol. The Balaban J connectivity index is 1.46. The maximum atomic E-state index is 12.4. The third-order valence-corrected chi connectivity index (χ3v) is 7.41. The van der Waals surface area contributed by atoms with Gasteiger partial charge in [0.15, 0.2) is 5.17 Å². The van der Waals surface area contributed by atoms with Gasteiger partial charge >= 0.3 is 10.1 Å². The number of amides is 1. The van der Waals surface area contributed by atoms with Crippen molar-refractivity contribution in [3.8, 4) is 5.75 Å². The number of aliphatic imine (C=N–C) groups is 1. The van der Waals surface area contributed by atoms with E-state index in [0.717, 1.165) is 36.0 Å². The number of rotatable bonds is 6. The van der Waals surface area contributed by atoms with Crippen molar-refractivity contribution in [1.29, 1.82) is 0 Å². The highest BCUT2D eigenvalue weighted by atomic mass is 35.5. The Morgan fingerprint density at radius 2 is 1.69 bits per heavy atom. The van der Waals surface area contributed by atoms with Crippen molar-refractivity contribution < 1.29 is 22.3 Å². The van der Waals surface area contributed by atoms with E-state index in [9.17, 15) is 23.3 Å². The molecule has 3 aromatic carbocycles. The van der Waals surface area contributed by atoms with Crippen LogP contribution in [0.25, 0.3) is 6.08 Å². The number of benzene rings is 3. The maximum absolute atomic E-state index is 12.4. The van der Waals surface area contributed by atoms with Crippen molar-refractivity contribution >= 4 is 73.6 Å². The Bertz CT molecular complexity index is 1490. The summed E-state index contributed by atoms with van der Waals surface area (Å²) >= 11 is 13.0. The highest BCUT2D eigenvalue weighted by Gasteiger charge is 2.24. The minimum absolute atomic E-state index is 0.0379. The first kappa shape index (κ1) is 24.7. The normalized spacial score (nSPS) is 15.9. The van der Waals surface area contributed by atoms with Crippen LogP contribution in [0.3, 0.4) is 0 Å². The van der Waals surface area contributed by atoms with E-state index < -0.39 is 15.0 Å². The molecular formula is C22H13Cl2N3O6S2. The van der Waals surface area contributed by atoms with Crippen LogP contribution in [0.15, 0.2) is 81.5 Å². The molecule has 0 aliphatic carbocycles. The standard InChI is InChI=1S/C22H13Cl2N3O6S2/c23-18-10-3-14(12-19(18)24)25-22-26-21(28)20(34-22)11-13-1-6-16(7-2-13)33-35(31,32)17-8-4-15(5-9-17)27(29)30/h1-12H,(H,25,26,28)/b20-11+. The van der Waals surface area contributed by atoms with Crippen molar-refractivity contribution in [2.24, 2.45) is 4.99 Å². The smallest absolute Gasteiger partial charge is 0.339 e. The zero-order valence-corrected chi connectivity index (χ0v) is 20.5. The number of hydrogen-bond acceptors (Lipinski definition) is 8. The van der Waals surface area contributed by atoms with E-state index in [2.05, 4.69) is 10.3 Å². The molecule has 1 amide bonds. The summed E-state index contributed by atoms with van der Waals surface area (Å²) in [6, 6.07) is 15.2. The molecule has 1 aliphatic rings. The van der Waals surface area contributed by atoms with Crippen LogP contribution >= 0.6 is 35.0 Å². The zero-order chi connectivity index (χ0) is 25.2. The summed E-state index contributed by atoms with van der Waals surface area (Å²) in [5.74, 6) is -0.300. The SMILES string of the molecule is O=C1NC(=Nc2ccc(Cl)c(Cl)c2)S/C1=C/c1ccc(OS(=O)(=O)c2ccc([N+](=O)[O-])cc2)cc1. The van der Waals surface area contributed by atoms with Gasteiger partial charge in [-0.05, 0) is 65.9 Å². The van der Waals surface area contributed by atoms with E-state index in [1.807, 2.05) is 0 Å². The fourth-order valence-corrected chi connectivity index (χ4v) is 4.90. The van der Waals surface area contributed by atoms with Crippen molar-refractivity contribution in [2.45, 2.75) is 4.90 Å². The highest BCUT2D eigenvalue weighted by molar-refractivity contribution is 8.18. The van der Waals surface area contributed by atoms with Crippen LogP contribution in [0.2, 0.25) is 10.0 Å². The molecule has 1 saturated heterocycles. The van der Waals surface area contributed by atoms with Crippen LogP contribution in [0.1, 0.15) is 5.56 Å². The number of nitrogens with zero attached hydrogens (tertiary/aromatic N) is 2. The van der Waals surface area contributed by atoms with Crippen LogP contribution in [-0.2, 0) is 14.9 Å². The predicted octanol–water partition coefficient (Wildman–Crippen LogP) is 5.56. The van der Waals surface area contributed by atoms with Gasteiger partial charge in [0.05, 0.1) is 25.6 Å². The molecule has 0 saturated carbocycles. The first-order valence-corrected chi connectivity index (χ1v) is 12.6. The third-order valence-electron chi connectivity index (χ3n) is 4.50. The zero-order valence-electron chi connectivity index (χ0n) is 17.3. The fourth-order valence-electron chi connectivity index (χ4n) is 2.83. The number of amidine groups is 1. The second kappa shape index (κ2) is 10.1. The lowest BCUT2D eigenvalue weighted by Crippen LogP contribution is -2.19. The molecule has 1 aliphatic heterocycles. The quantitative estimate of drug-likeness (QED) is 0.184. The lowest BCUT2D eigenvalue weighted by molar-refractivity contribution is -0.384. The minimum atomic E-state index is -4.18. The van der Waals surface area contributed by atoms with E-state index in [-0.39, 0.29) is 22.2 Å². The van der Waals surface area contributed by atoms with Gasteiger partial charge in [-0.25, -0.2) is 4.99 Å². The average Bonchev–Trinajstić information content (AvgIpc) is 3.15. The fraction of sp³-hybridized carbons (Fsp3) is 0. The number of non-ortho nitro benzene ring substituents is 1. The van der Waals surface area contributed by atoms with Crippen LogP contribution in [-0.4, -0.2) is 24.4 Å². The van der Waals surface area contributed by atoms with Crippen LogP contribution < -0.4 is 9.50 Å². The van der Waals surface area contributed by atoms with E-state index in [4.69, 9.17) is 27.4 Å². The number of thioether (sulfide) groups is 1. The Labute approximate surface area is 213 Å². The molecule has 35 heavy (non-hydrogen) atoms. The van der Waals surface area contributed by atoms with Gasteiger partial charge < -0.3 is 9.50 Å². The summed E-state index contributed by atoms with van der Waals surface area (Å²) in [4.78, 5) is 26.9. The second-order valence-corrected chi connectivity index (χ2v) is 10.3. The summed E-state index contributed by atoms with van der Waals surface area (Å²) in [6.45, 7) is 0. The maximum Gasteiger partial charge on any atom is 0.339 e. The Morgan fingerprint density at radius 3 is 2.31 bits per heavy atom. The topological polar surface area (TPSA) is 128 Å². The molecule has 178 valence electrons. The van der Waals surface area contributed by atoms with Crippen molar-refractivity contribution in [2.75, 3.05) is 0 Å². The van der Waals surface area contributed by atoms with Crippen molar-refractivity contribution in [1.82, 2.24) is 5.32 Å². The van der Waals surface area contributed by atoms with E-state index in [0.29, 0.717) is 31.4 Å². The molecule has 1 N–H and O–H groups in total. The summed E-state index contributed by atoms with van der Waals surface area (Å²) in [5, 5.41) is 14.5. The van der Waals surface area contributed by atoms with Gasteiger partial charge in [-0.15, -0.1) is 0 Å². The Morgan fingerprint density at radius 1 is 1.00 bits per heavy atom. The molecule has 3 aromatic rings. The highest BCUT2D eigenvalue weighted by Crippen LogP contribution is 2.31. The number of hydrogen-bond donors (Lipinski definition) is 1. The van der Waals surface area contributed by atoms with Crippen molar-refractivity contribution in [3.63, 3.8) is 0 Å². The molecule has 0 spiro atoms. The van der Waals surface area contributed by atoms with Gasteiger partial charge in [0.1, 0.15) is 10.6 Å². The second-order valence-electron chi connectivity index (χ2n) is 6.94. The number of nitrogens with one attached hydrogen (secondary N) is 1. The molecule has 1 heterocycles. The number of carbonyl (C=O) groups excluding carboxylic acids is 1. The third kappa shape index (κ3) is 6.01. The molecule has 4 rings (SSSR count). The monoisotopic (exact) mass is 549 g/mol. The number of carbonyl (C=O) groups is 1. The van der Waals surface area contributed by atoms with Gasteiger partial charge in [-0.3, -0.25) is 14.9 Å².